The van der Waals surface area contributed by atoms with Crippen molar-refractivity contribution in [3.63, 3.8) is 0 Å². The van der Waals surface area contributed by atoms with Crippen LogP contribution in [0.5, 0.6) is 5.75 Å². The minimum absolute atomic E-state index is 0.0761. The summed E-state index contributed by atoms with van der Waals surface area (Å²) in [6.45, 7) is -1.90. The van der Waals surface area contributed by atoms with Crippen LogP contribution in [-0.4, -0.2) is 110 Å². The SMILES string of the molecule is OC[C@H]1O[C@@](CO)(O[C@H]2O[C@H](COc3cccc(C(c4ccccc4)c4ccccc4)c3)[C@@H](O)[C@H](O)[C@H]2O)[C@@H](O)[C@@H]1O. The molecule has 3 aromatic rings. The first-order valence-corrected chi connectivity index (χ1v) is 13.7. The van der Waals surface area contributed by atoms with E-state index < -0.39 is 68.0 Å². The second kappa shape index (κ2) is 13.1. The first-order valence-electron chi connectivity index (χ1n) is 13.7. The van der Waals surface area contributed by atoms with Gasteiger partial charge < -0.3 is 54.7 Å². The number of benzene rings is 3. The van der Waals surface area contributed by atoms with E-state index in [0.29, 0.717) is 5.75 Å². The van der Waals surface area contributed by atoms with Crippen molar-refractivity contribution in [2.24, 2.45) is 0 Å². The lowest BCUT2D eigenvalue weighted by Crippen LogP contribution is -2.63. The first-order chi connectivity index (χ1) is 20.3. The van der Waals surface area contributed by atoms with Crippen LogP contribution >= 0.6 is 0 Å². The van der Waals surface area contributed by atoms with E-state index in [-0.39, 0.29) is 12.5 Å². The van der Waals surface area contributed by atoms with Crippen LogP contribution in [0.3, 0.4) is 0 Å². The molecule has 2 fully saturated rings. The monoisotopic (exact) mass is 584 g/mol. The van der Waals surface area contributed by atoms with Gasteiger partial charge in [0, 0.05) is 5.92 Å². The van der Waals surface area contributed by atoms with Crippen molar-refractivity contribution < 1.29 is 54.7 Å². The maximum atomic E-state index is 10.6. The lowest BCUT2D eigenvalue weighted by atomic mass is 9.85. The highest BCUT2D eigenvalue weighted by molar-refractivity contribution is 5.45. The Morgan fingerprint density at radius 2 is 1.31 bits per heavy atom. The molecule has 0 spiro atoms. The molecule has 11 heteroatoms. The number of aliphatic hydroxyl groups excluding tert-OH is 7. The van der Waals surface area contributed by atoms with Crippen LogP contribution in [-0.2, 0) is 14.2 Å². The maximum Gasteiger partial charge on any atom is 0.224 e. The van der Waals surface area contributed by atoms with Gasteiger partial charge in [-0.3, -0.25) is 0 Å². The van der Waals surface area contributed by atoms with E-state index in [4.69, 9.17) is 18.9 Å². The van der Waals surface area contributed by atoms with Crippen LogP contribution in [0.15, 0.2) is 84.9 Å². The summed E-state index contributed by atoms with van der Waals surface area (Å²) < 4.78 is 22.6. The topological polar surface area (TPSA) is 179 Å². The summed E-state index contributed by atoms with van der Waals surface area (Å²) in [4.78, 5) is 0. The fraction of sp³-hybridized carbons (Fsp3) is 0.419. The summed E-state index contributed by atoms with van der Waals surface area (Å²) in [6, 6.07) is 27.5. The fourth-order valence-electron chi connectivity index (χ4n) is 5.45. The van der Waals surface area contributed by atoms with Crippen molar-refractivity contribution in [1.29, 1.82) is 0 Å². The fourth-order valence-corrected chi connectivity index (χ4v) is 5.45. The van der Waals surface area contributed by atoms with Gasteiger partial charge in [-0.05, 0) is 28.8 Å². The van der Waals surface area contributed by atoms with Gasteiger partial charge in [-0.15, -0.1) is 0 Å². The van der Waals surface area contributed by atoms with E-state index in [9.17, 15) is 35.7 Å². The lowest BCUT2D eigenvalue weighted by molar-refractivity contribution is -0.383. The normalized spacial score (nSPS) is 33.1. The van der Waals surface area contributed by atoms with Gasteiger partial charge in [0.15, 0.2) is 6.29 Å². The average Bonchev–Trinajstić information content (AvgIpc) is 3.27. The summed E-state index contributed by atoms with van der Waals surface area (Å²) in [5.41, 5.74) is 3.14. The standard InChI is InChI=1S/C31H36O11/c32-15-22-26(35)29(38)31(17-33,41-22)42-30-28(37)27(36)25(34)23(40-30)16-39-21-13-7-12-20(14-21)24(18-8-3-1-4-9-18)19-10-5-2-6-11-19/h1-14,22-30,32-38H,15-17H2/t22-,23-,25-,26-,27+,28-,29+,30-,31+/m1/s1. The average molecular weight is 585 g/mol. The van der Waals surface area contributed by atoms with Gasteiger partial charge in [-0.25, -0.2) is 0 Å². The van der Waals surface area contributed by atoms with Crippen molar-refractivity contribution >= 4 is 0 Å². The number of hydrogen-bond acceptors (Lipinski definition) is 11. The molecule has 9 atom stereocenters. The van der Waals surface area contributed by atoms with Gasteiger partial charge in [-0.2, -0.15) is 0 Å². The molecule has 5 rings (SSSR count). The van der Waals surface area contributed by atoms with Gasteiger partial charge in [0.05, 0.1) is 6.61 Å². The van der Waals surface area contributed by atoms with Gasteiger partial charge in [-0.1, -0.05) is 72.8 Å². The first kappa shape index (κ1) is 30.5. The minimum Gasteiger partial charge on any atom is -0.491 e. The van der Waals surface area contributed by atoms with E-state index >= 15 is 0 Å². The molecule has 226 valence electrons. The molecule has 0 aromatic heterocycles. The highest BCUT2D eigenvalue weighted by Gasteiger charge is 2.58. The van der Waals surface area contributed by atoms with Crippen molar-refractivity contribution in [3.05, 3.63) is 102 Å². The van der Waals surface area contributed by atoms with Crippen molar-refractivity contribution in [1.82, 2.24) is 0 Å². The Morgan fingerprint density at radius 1 is 0.690 bits per heavy atom. The van der Waals surface area contributed by atoms with Crippen LogP contribution in [0.4, 0.5) is 0 Å². The van der Waals surface area contributed by atoms with Crippen molar-refractivity contribution in [3.8, 4) is 5.75 Å². The Labute approximate surface area is 242 Å². The van der Waals surface area contributed by atoms with Crippen LogP contribution in [0, 0.1) is 0 Å². The Hall–Kier alpha value is -2.94. The largest absolute Gasteiger partial charge is 0.491 e. The van der Waals surface area contributed by atoms with Gasteiger partial charge >= 0.3 is 0 Å². The van der Waals surface area contributed by atoms with E-state index in [1.807, 2.05) is 54.6 Å². The maximum absolute atomic E-state index is 10.6. The molecule has 11 nitrogen and oxygen atoms in total. The Balaban J connectivity index is 1.32. The van der Waals surface area contributed by atoms with E-state index in [1.165, 1.54) is 0 Å². The molecule has 0 unspecified atom stereocenters. The Bertz CT molecular complexity index is 1240. The van der Waals surface area contributed by atoms with Crippen LogP contribution < -0.4 is 4.74 Å². The number of rotatable bonds is 10. The highest BCUT2D eigenvalue weighted by atomic mass is 16.8. The summed E-state index contributed by atoms with van der Waals surface area (Å²) in [5.74, 6) is -1.87. The molecule has 2 aliphatic heterocycles. The van der Waals surface area contributed by atoms with Crippen LogP contribution in [0.2, 0.25) is 0 Å². The zero-order valence-corrected chi connectivity index (χ0v) is 22.7. The van der Waals surface area contributed by atoms with Gasteiger partial charge in [0.1, 0.15) is 61.7 Å². The second-order valence-corrected chi connectivity index (χ2v) is 10.5. The predicted molar refractivity (Wildman–Crippen MR) is 147 cm³/mol. The molecule has 2 saturated heterocycles. The van der Waals surface area contributed by atoms with Gasteiger partial charge in [0.2, 0.25) is 5.79 Å². The third-order valence-electron chi connectivity index (χ3n) is 7.76. The second-order valence-electron chi connectivity index (χ2n) is 10.5. The summed E-state index contributed by atoms with van der Waals surface area (Å²) in [5, 5.41) is 71.6. The Morgan fingerprint density at radius 3 is 1.88 bits per heavy atom. The number of hydrogen-bond donors (Lipinski definition) is 7. The van der Waals surface area contributed by atoms with Crippen molar-refractivity contribution in [2.75, 3.05) is 19.8 Å². The van der Waals surface area contributed by atoms with Crippen molar-refractivity contribution in [2.45, 2.75) is 60.7 Å². The molecule has 2 aliphatic rings. The molecule has 42 heavy (non-hydrogen) atoms. The molecule has 0 amide bonds. The van der Waals surface area contributed by atoms with Crippen LogP contribution in [0.25, 0.3) is 0 Å². The van der Waals surface area contributed by atoms with E-state index in [1.54, 1.807) is 6.07 Å². The summed E-state index contributed by atoms with van der Waals surface area (Å²) in [6.07, 6.45) is -12.7. The smallest absolute Gasteiger partial charge is 0.224 e. The van der Waals surface area contributed by atoms with Gasteiger partial charge in [0.25, 0.3) is 0 Å². The van der Waals surface area contributed by atoms with E-state index in [2.05, 4.69) is 24.3 Å². The predicted octanol–water partition coefficient (Wildman–Crippen LogP) is -0.129. The quantitative estimate of drug-likeness (QED) is 0.158. The lowest BCUT2D eigenvalue weighted by Gasteiger charge is -2.43. The van der Waals surface area contributed by atoms with Crippen LogP contribution in [0.1, 0.15) is 22.6 Å². The minimum atomic E-state index is -2.26. The molecule has 7 N–H and O–H groups in total. The number of aliphatic hydroxyl groups is 7. The molecular weight excluding hydrogens is 548 g/mol. The molecular formula is C31H36O11. The molecule has 2 heterocycles. The molecule has 3 aromatic carbocycles. The molecule has 0 aliphatic carbocycles. The Kier molecular flexibility index (Phi) is 9.55. The number of ether oxygens (including phenoxy) is 4. The highest BCUT2D eigenvalue weighted by Crippen LogP contribution is 2.37. The zero-order chi connectivity index (χ0) is 29.9. The summed E-state index contributed by atoms with van der Waals surface area (Å²) in [7, 11) is 0. The third kappa shape index (κ3) is 6.08. The molecule has 0 saturated carbocycles. The summed E-state index contributed by atoms with van der Waals surface area (Å²) >= 11 is 0. The van der Waals surface area contributed by atoms with E-state index in [0.717, 1.165) is 16.7 Å². The zero-order valence-electron chi connectivity index (χ0n) is 22.7. The molecule has 0 radical (unpaired) electrons. The third-order valence-corrected chi connectivity index (χ3v) is 7.76. The molecule has 0 bridgehead atoms.